The Morgan fingerprint density at radius 2 is 2.36 bits per heavy atom. The van der Waals surface area contributed by atoms with Crippen LogP contribution in [0.1, 0.15) is 6.92 Å². The van der Waals surface area contributed by atoms with E-state index in [0.29, 0.717) is 6.61 Å². The van der Waals surface area contributed by atoms with Crippen LogP contribution in [0.25, 0.3) is 0 Å². The topological polar surface area (TPSA) is 71.1 Å². The van der Waals surface area contributed by atoms with E-state index in [0.717, 1.165) is 0 Å². The highest BCUT2D eigenvalue weighted by Crippen LogP contribution is 2.03. The van der Waals surface area contributed by atoms with Gasteiger partial charge in [-0.05, 0) is 6.92 Å². The van der Waals surface area contributed by atoms with Crippen molar-refractivity contribution < 1.29 is 28.5 Å². The maximum atomic E-state index is 11.2. The summed E-state index contributed by atoms with van der Waals surface area (Å²) in [6.45, 7) is 2.25. The molecule has 0 aromatic carbocycles. The van der Waals surface area contributed by atoms with Crippen molar-refractivity contribution >= 4 is 11.9 Å². The number of rotatable bonds is 2. The Kier molecular flexibility index (Phi) is 4.34. The maximum absolute atomic E-state index is 11.2. The molecule has 0 N–H and O–H groups in total. The van der Waals surface area contributed by atoms with Gasteiger partial charge in [0, 0.05) is 0 Å². The fourth-order valence-corrected chi connectivity index (χ4v) is 0.887. The van der Waals surface area contributed by atoms with Crippen molar-refractivity contribution in [2.24, 2.45) is 0 Å². The van der Waals surface area contributed by atoms with E-state index >= 15 is 0 Å². The van der Waals surface area contributed by atoms with E-state index in [2.05, 4.69) is 9.47 Å². The molecule has 1 aliphatic heterocycles. The molecule has 1 heterocycles. The molecule has 1 unspecified atom stereocenters. The minimum absolute atomic E-state index is 0.107. The van der Waals surface area contributed by atoms with Crippen LogP contribution in [0.2, 0.25) is 0 Å². The van der Waals surface area contributed by atoms with Gasteiger partial charge in [-0.15, -0.1) is 0 Å². The van der Waals surface area contributed by atoms with Gasteiger partial charge in [0.05, 0.1) is 19.8 Å². The van der Waals surface area contributed by atoms with Crippen molar-refractivity contribution in [3.05, 3.63) is 0 Å². The Hall–Kier alpha value is -1.14. The number of Topliss-reactive ketones (excluding diaryl/α,β-unsaturated/α-hetero) is 1. The van der Waals surface area contributed by atoms with E-state index in [-0.39, 0.29) is 19.8 Å². The van der Waals surface area contributed by atoms with Gasteiger partial charge >= 0.3 is 6.16 Å². The van der Waals surface area contributed by atoms with E-state index in [1.165, 1.54) is 0 Å². The van der Waals surface area contributed by atoms with Gasteiger partial charge in [-0.25, -0.2) is 4.79 Å². The molecule has 0 aromatic heterocycles. The molecule has 1 aliphatic rings. The highest BCUT2D eigenvalue weighted by molar-refractivity contribution is 5.84. The van der Waals surface area contributed by atoms with Gasteiger partial charge in [-0.2, -0.15) is 0 Å². The van der Waals surface area contributed by atoms with E-state index in [4.69, 9.17) is 9.47 Å². The first-order chi connectivity index (χ1) is 6.74. The third-order valence-corrected chi connectivity index (χ3v) is 1.47. The zero-order chi connectivity index (χ0) is 10.4. The highest BCUT2D eigenvalue weighted by atomic mass is 16.8. The summed E-state index contributed by atoms with van der Waals surface area (Å²) in [4.78, 5) is 22.0. The molecule has 0 aliphatic carbocycles. The second kappa shape index (κ2) is 5.56. The average Bonchev–Trinajstić information content (AvgIpc) is 2.33. The van der Waals surface area contributed by atoms with E-state index in [9.17, 15) is 9.59 Å². The van der Waals surface area contributed by atoms with E-state index < -0.39 is 18.2 Å². The lowest BCUT2D eigenvalue weighted by Gasteiger charge is -2.12. The SMILES string of the molecule is CCOC(=O)OC1OCCOCC1=O. The van der Waals surface area contributed by atoms with Gasteiger partial charge in [0.2, 0.25) is 5.78 Å². The van der Waals surface area contributed by atoms with Crippen molar-refractivity contribution in [1.82, 2.24) is 0 Å². The predicted octanol–water partition coefficient (Wildman–Crippen LogP) is 0.101. The van der Waals surface area contributed by atoms with Crippen LogP contribution in [-0.2, 0) is 23.7 Å². The zero-order valence-electron chi connectivity index (χ0n) is 7.86. The molecule has 6 nitrogen and oxygen atoms in total. The summed E-state index contributed by atoms with van der Waals surface area (Å²) in [7, 11) is 0. The van der Waals surface area contributed by atoms with E-state index in [1.54, 1.807) is 6.92 Å². The van der Waals surface area contributed by atoms with Gasteiger partial charge in [0.1, 0.15) is 6.61 Å². The standard InChI is InChI=1S/C8H12O6/c1-2-12-8(10)14-7-6(9)5-11-3-4-13-7/h7H,2-5H2,1H3. The molecule has 1 rings (SSSR count). The summed E-state index contributed by atoms with van der Waals surface area (Å²) < 4.78 is 18.9. The molecule has 0 amide bonds. The molecule has 0 aromatic rings. The highest BCUT2D eigenvalue weighted by Gasteiger charge is 2.26. The van der Waals surface area contributed by atoms with Crippen LogP contribution >= 0.6 is 0 Å². The molecule has 6 heteroatoms. The number of ether oxygens (including phenoxy) is 4. The van der Waals surface area contributed by atoms with Gasteiger partial charge in [-0.3, -0.25) is 4.79 Å². The Bertz CT molecular complexity index is 214. The Morgan fingerprint density at radius 1 is 1.57 bits per heavy atom. The van der Waals surface area contributed by atoms with Crippen molar-refractivity contribution in [2.75, 3.05) is 26.4 Å². The van der Waals surface area contributed by atoms with Crippen LogP contribution < -0.4 is 0 Å². The lowest BCUT2D eigenvalue weighted by atomic mass is 10.4. The fraction of sp³-hybridized carbons (Fsp3) is 0.750. The number of ketones is 1. The third-order valence-electron chi connectivity index (χ3n) is 1.47. The van der Waals surface area contributed by atoms with Crippen LogP contribution in [0.4, 0.5) is 4.79 Å². The molecular weight excluding hydrogens is 192 g/mol. The summed E-state index contributed by atoms with van der Waals surface area (Å²) in [5, 5.41) is 0. The van der Waals surface area contributed by atoms with Crippen molar-refractivity contribution in [2.45, 2.75) is 13.2 Å². The van der Waals surface area contributed by atoms with Gasteiger partial charge in [0.25, 0.3) is 6.29 Å². The number of hydrogen-bond donors (Lipinski definition) is 0. The normalized spacial score (nSPS) is 22.6. The third kappa shape index (κ3) is 3.31. The lowest BCUT2D eigenvalue weighted by molar-refractivity contribution is -0.157. The van der Waals surface area contributed by atoms with Crippen LogP contribution in [0.5, 0.6) is 0 Å². The molecule has 1 fully saturated rings. The minimum Gasteiger partial charge on any atom is -0.435 e. The number of carbonyl (C=O) groups excluding carboxylic acids is 2. The summed E-state index contributed by atoms with van der Waals surface area (Å²) in [6.07, 6.45) is -2.11. The van der Waals surface area contributed by atoms with Crippen LogP contribution in [0, 0.1) is 0 Å². The fourth-order valence-electron chi connectivity index (χ4n) is 0.887. The van der Waals surface area contributed by atoms with Crippen LogP contribution in [-0.4, -0.2) is 44.7 Å². The van der Waals surface area contributed by atoms with Crippen molar-refractivity contribution in [3.63, 3.8) is 0 Å². The molecule has 0 radical (unpaired) electrons. The van der Waals surface area contributed by atoms with Gasteiger partial charge < -0.3 is 18.9 Å². The monoisotopic (exact) mass is 204 g/mol. The zero-order valence-corrected chi connectivity index (χ0v) is 7.86. The van der Waals surface area contributed by atoms with Crippen LogP contribution in [0.15, 0.2) is 0 Å². The molecule has 0 saturated carbocycles. The summed E-state index contributed by atoms with van der Waals surface area (Å²) in [5.41, 5.74) is 0. The quantitative estimate of drug-likeness (QED) is 0.594. The molecule has 14 heavy (non-hydrogen) atoms. The molecule has 0 bridgehead atoms. The summed E-state index contributed by atoms with van der Waals surface area (Å²) in [6, 6.07) is 0. The van der Waals surface area contributed by atoms with Gasteiger partial charge in [0.15, 0.2) is 0 Å². The second-order valence-corrected chi connectivity index (χ2v) is 2.52. The molecule has 1 saturated heterocycles. The van der Waals surface area contributed by atoms with Crippen LogP contribution in [0.3, 0.4) is 0 Å². The average molecular weight is 204 g/mol. The predicted molar refractivity (Wildman–Crippen MR) is 43.7 cm³/mol. The molecule has 80 valence electrons. The second-order valence-electron chi connectivity index (χ2n) is 2.52. The summed E-state index contributed by atoms with van der Waals surface area (Å²) >= 11 is 0. The Labute approximate surface area is 81.1 Å². The van der Waals surface area contributed by atoms with Crippen molar-refractivity contribution in [1.29, 1.82) is 0 Å². The van der Waals surface area contributed by atoms with Crippen molar-refractivity contribution in [3.8, 4) is 0 Å². The molecular formula is C8H12O6. The summed E-state index contributed by atoms with van der Waals surface area (Å²) in [5.74, 6) is -0.421. The first-order valence-electron chi connectivity index (χ1n) is 4.29. The van der Waals surface area contributed by atoms with E-state index in [1.807, 2.05) is 0 Å². The minimum atomic E-state index is -1.20. The maximum Gasteiger partial charge on any atom is 0.510 e. The molecule has 1 atom stereocenters. The first kappa shape index (κ1) is 10.9. The number of carbonyl (C=O) groups is 2. The lowest BCUT2D eigenvalue weighted by Crippen LogP contribution is -2.31. The smallest absolute Gasteiger partial charge is 0.435 e. The largest absolute Gasteiger partial charge is 0.510 e. The molecule has 0 spiro atoms. The Balaban J connectivity index is 2.40. The number of hydrogen-bond acceptors (Lipinski definition) is 6. The Morgan fingerprint density at radius 3 is 3.07 bits per heavy atom. The van der Waals surface area contributed by atoms with Gasteiger partial charge in [-0.1, -0.05) is 0 Å². The first-order valence-corrected chi connectivity index (χ1v) is 4.29.